The minimum atomic E-state index is -0.926. The molecular formula is C24H26N2O2. The summed E-state index contributed by atoms with van der Waals surface area (Å²) < 4.78 is 0. The van der Waals surface area contributed by atoms with E-state index in [1.54, 1.807) is 24.4 Å². The summed E-state index contributed by atoms with van der Waals surface area (Å²) in [6.07, 6.45) is 3.47. The molecule has 0 aromatic heterocycles. The van der Waals surface area contributed by atoms with Gasteiger partial charge in [0.2, 0.25) is 0 Å². The number of hydrogen-bond acceptors (Lipinski definition) is 3. The summed E-state index contributed by atoms with van der Waals surface area (Å²) in [5.74, 6) is -0.926. The Balaban J connectivity index is 0.000000261. The van der Waals surface area contributed by atoms with Crippen molar-refractivity contribution >= 4 is 12.2 Å². The van der Waals surface area contributed by atoms with Gasteiger partial charge in [-0.15, -0.1) is 0 Å². The maximum absolute atomic E-state index is 11.0. The molecule has 0 aliphatic rings. The predicted molar refractivity (Wildman–Crippen MR) is 115 cm³/mol. The van der Waals surface area contributed by atoms with Gasteiger partial charge in [0.15, 0.2) is 0 Å². The van der Waals surface area contributed by atoms with Gasteiger partial charge in [0, 0.05) is 18.3 Å². The monoisotopic (exact) mass is 374 g/mol. The molecule has 144 valence electrons. The third-order valence-corrected chi connectivity index (χ3v) is 4.07. The first-order valence-electron chi connectivity index (χ1n) is 9.30. The zero-order valence-electron chi connectivity index (χ0n) is 15.9. The van der Waals surface area contributed by atoms with Crippen molar-refractivity contribution in [1.29, 1.82) is 0 Å². The fraction of sp³-hybridized carbons (Fsp3) is 0.167. The Hall–Kier alpha value is -3.24. The minimum Gasteiger partial charge on any atom is -0.478 e. The summed E-state index contributed by atoms with van der Waals surface area (Å²) in [5, 5.41) is 9.04. The molecule has 0 spiro atoms. The molecule has 4 heteroatoms. The molecule has 0 atom stereocenters. The number of nitrogens with two attached hydrogens (primary N) is 1. The van der Waals surface area contributed by atoms with Gasteiger partial charge in [-0.1, -0.05) is 78.9 Å². The number of carbonyl (C=O) groups is 1. The van der Waals surface area contributed by atoms with Gasteiger partial charge in [-0.25, -0.2) is 4.79 Å². The van der Waals surface area contributed by atoms with E-state index in [0.717, 1.165) is 19.4 Å². The third-order valence-electron chi connectivity index (χ3n) is 4.07. The van der Waals surface area contributed by atoms with Crippen molar-refractivity contribution < 1.29 is 9.90 Å². The molecule has 0 heterocycles. The summed E-state index contributed by atoms with van der Waals surface area (Å²) in [4.78, 5) is 15.3. The van der Waals surface area contributed by atoms with Crippen LogP contribution in [-0.4, -0.2) is 30.4 Å². The maximum Gasteiger partial charge on any atom is 0.336 e. The fourth-order valence-electron chi connectivity index (χ4n) is 2.62. The first-order chi connectivity index (χ1) is 13.7. The van der Waals surface area contributed by atoms with Crippen LogP contribution in [0, 0.1) is 0 Å². The number of carboxylic acid groups (broad SMARTS) is 1. The van der Waals surface area contributed by atoms with Crippen LogP contribution in [0.15, 0.2) is 89.9 Å². The van der Waals surface area contributed by atoms with Crippen LogP contribution in [0.4, 0.5) is 0 Å². The summed E-state index contributed by atoms with van der Waals surface area (Å²) in [7, 11) is 0. The highest BCUT2D eigenvalue weighted by Crippen LogP contribution is 2.06. The topological polar surface area (TPSA) is 75.7 Å². The van der Waals surface area contributed by atoms with E-state index in [9.17, 15) is 4.79 Å². The van der Waals surface area contributed by atoms with Gasteiger partial charge < -0.3 is 10.8 Å². The van der Waals surface area contributed by atoms with Gasteiger partial charge in [-0.3, -0.25) is 4.99 Å². The smallest absolute Gasteiger partial charge is 0.336 e. The van der Waals surface area contributed by atoms with E-state index in [0.29, 0.717) is 12.1 Å². The number of benzene rings is 3. The summed E-state index contributed by atoms with van der Waals surface area (Å²) in [6.45, 7) is 1.39. The Kier molecular flexibility index (Phi) is 9.18. The zero-order valence-corrected chi connectivity index (χ0v) is 15.9. The first kappa shape index (κ1) is 21.1. The van der Waals surface area contributed by atoms with Crippen molar-refractivity contribution in [2.45, 2.75) is 12.8 Å². The fourth-order valence-corrected chi connectivity index (χ4v) is 2.62. The number of nitrogens with zero attached hydrogens (tertiary/aromatic N) is 1. The lowest BCUT2D eigenvalue weighted by Crippen LogP contribution is -2.01. The Morgan fingerprint density at radius 1 is 0.821 bits per heavy atom. The van der Waals surface area contributed by atoms with Crippen LogP contribution in [0.3, 0.4) is 0 Å². The van der Waals surface area contributed by atoms with E-state index < -0.39 is 5.97 Å². The summed E-state index contributed by atoms with van der Waals surface area (Å²) in [6, 6.07) is 27.2. The lowest BCUT2D eigenvalue weighted by atomic mass is 10.1. The van der Waals surface area contributed by atoms with Crippen molar-refractivity contribution in [3.63, 3.8) is 0 Å². The molecule has 4 nitrogen and oxygen atoms in total. The lowest BCUT2D eigenvalue weighted by Gasteiger charge is -2.00. The van der Waals surface area contributed by atoms with Gasteiger partial charge in [0.25, 0.3) is 0 Å². The Bertz CT molecular complexity index is 862. The van der Waals surface area contributed by atoms with Gasteiger partial charge in [0.05, 0.1) is 5.56 Å². The van der Waals surface area contributed by atoms with Crippen molar-refractivity contribution in [1.82, 2.24) is 0 Å². The average molecular weight is 374 g/mol. The standard InChI is InChI=1S/C16H15NO2.C8H11N/c18-16(19)15-9-5-4-8-14(15)12-17-11-10-13-6-2-1-3-7-13;9-7-6-8-4-2-1-3-5-8/h1-9,12H,10-11H2,(H,18,19);1-5H,6-7,9H2. The molecule has 0 radical (unpaired) electrons. The Labute approximate surface area is 166 Å². The van der Waals surface area contributed by atoms with Crippen molar-refractivity contribution in [3.05, 3.63) is 107 Å². The molecule has 28 heavy (non-hydrogen) atoms. The van der Waals surface area contributed by atoms with E-state index in [2.05, 4.69) is 29.3 Å². The van der Waals surface area contributed by atoms with Crippen LogP contribution >= 0.6 is 0 Å². The largest absolute Gasteiger partial charge is 0.478 e. The molecule has 3 aromatic rings. The quantitative estimate of drug-likeness (QED) is 0.608. The predicted octanol–water partition coefficient (Wildman–Crippen LogP) is 4.23. The maximum atomic E-state index is 11.0. The second kappa shape index (κ2) is 12.2. The molecule has 0 fully saturated rings. The van der Waals surface area contributed by atoms with Gasteiger partial charge in [-0.2, -0.15) is 0 Å². The molecule has 3 aromatic carbocycles. The highest BCUT2D eigenvalue weighted by atomic mass is 16.4. The van der Waals surface area contributed by atoms with Crippen molar-refractivity contribution in [2.75, 3.05) is 13.1 Å². The first-order valence-corrected chi connectivity index (χ1v) is 9.30. The molecular weight excluding hydrogens is 348 g/mol. The Morgan fingerprint density at radius 2 is 1.36 bits per heavy atom. The average Bonchev–Trinajstić information content (AvgIpc) is 2.74. The molecule has 0 bridgehead atoms. The highest BCUT2D eigenvalue weighted by Gasteiger charge is 2.06. The number of rotatable bonds is 7. The minimum absolute atomic E-state index is 0.283. The zero-order chi connectivity index (χ0) is 20.0. The summed E-state index contributed by atoms with van der Waals surface area (Å²) in [5.41, 5.74) is 8.83. The van der Waals surface area contributed by atoms with Crippen LogP contribution < -0.4 is 5.73 Å². The van der Waals surface area contributed by atoms with E-state index in [-0.39, 0.29) is 5.56 Å². The van der Waals surface area contributed by atoms with Gasteiger partial charge in [0.1, 0.15) is 0 Å². The van der Waals surface area contributed by atoms with E-state index in [1.165, 1.54) is 11.1 Å². The Morgan fingerprint density at radius 3 is 1.93 bits per heavy atom. The normalized spacial score (nSPS) is 10.3. The van der Waals surface area contributed by atoms with Gasteiger partial charge in [-0.05, 0) is 36.6 Å². The summed E-state index contributed by atoms with van der Waals surface area (Å²) >= 11 is 0. The van der Waals surface area contributed by atoms with Crippen LogP contribution in [-0.2, 0) is 12.8 Å². The SMILES string of the molecule is NCCc1ccccc1.O=C(O)c1ccccc1C=NCCc1ccccc1. The second-order valence-electron chi connectivity index (χ2n) is 6.19. The molecule has 3 rings (SSSR count). The molecule has 0 aliphatic carbocycles. The third kappa shape index (κ3) is 7.56. The van der Waals surface area contributed by atoms with Crippen LogP contribution in [0.1, 0.15) is 27.0 Å². The van der Waals surface area contributed by atoms with Crippen molar-refractivity contribution in [2.24, 2.45) is 10.7 Å². The molecule has 0 unspecified atom stereocenters. The van der Waals surface area contributed by atoms with E-state index in [4.69, 9.17) is 10.8 Å². The van der Waals surface area contributed by atoms with Crippen LogP contribution in [0.2, 0.25) is 0 Å². The van der Waals surface area contributed by atoms with Gasteiger partial charge >= 0.3 is 5.97 Å². The lowest BCUT2D eigenvalue weighted by molar-refractivity contribution is 0.0696. The van der Waals surface area contributed by atoms with Crippen molar-refractivity contribution in [3.8, 4) is 0 Å². The second-order valence-corrected chi connectivity index (χ2v) is 6.19. The van der Waals surface area contributed by atoms with Crippen LogP contribution in [0.25, 0.3) is 0 Å². The molecule has 0 amide bonds. The molecule has 0 saturated heterocycles. The number of aliphatic imine (C=N–C) groups is 1. The van der Waals surface area contributed by atoms with Crippen LogP contribution in [0.5, 0.6) is 0 Å². The molecule has 0 aliphatic heterocycles. The van der Waals surface area contributed by atoms with E-state index in [1.807, 2.05) is 42.5 Å². The molecule has 0 saturated carbocycles. The highest BCUT2D eigenvalue weighted by molar-refractivity contribution is 5.98. The molecule has 3 N–H and O–H groups in total. The number of carboxylic acids is 1. The number of aromatic carboxylic acids is 1. The van der Waals surface area contributed by atoms with E-state index >= 15 is 0 Å². The number of hydrogen-bond donors (Lipinski definition) is 2.